The Kier molecular flexibility index (Phi) is 4.72. The van der Waals surface area contributed by atoms with Crippen LogP contribution in [0.15, 0.2) is 23.2 Å². The van der Waals surface area contributed by atoms with E-state index in [2.05, 4.69) is 9.89 Å². The van der Waals surface area contributed by atoms with Gasteiger partial charge in [-0.3, -0.25) is 19.4 Å². The summed E-state index contributed by atoms with van der Waals surface area (Å²) in [7, 11) is 0. The van der Waals surface area contributed by atoms with E-state index in [0.717, 1.165) is 31.5 Å². The summed E-state index contributed by atoms with van der Waals surface area (Å²) in [6, 6.07) is 4.13. The minimum Gasteiger partial charge on any atom is -0.346 e. The molecule has 0 aliphatic carbocycles. The first-order chi connectivity index (χ1) is 12.6. The van der Waals surface area contributed by atoms with Gasteiger partial charge in [-0.05, 0) is 50.0 Å². The van der Waals surface area contributed by atoms with Gasteiger partial charge in [0.15, 0.2) is 0 Å². The van der Waals surface area contributed by atoms with Gasteiger partial charge in [-0.1, -0.05) is 12.5 Å². The number of benzene rings is 1. The lowest BCUT2D eigenvalue weighted by Crippen LogP contribution is -2.57. The molecule has 2 saturated heterocycles. The number of piperidine rings is 2. The van der Waals surface area contributed by atoms with Gasteiger partial charge in [0.25, 0.3) is 5.91 Å². The molecular weight excluding hydrogens is 335 g/mol. The van der Waals surface area contributed by atoms with Gasteiger partial charge >= 0.3 is 0 Å². The second kappa shape index (κ2) is 7.15. The third-order valence-electron chi connectivity index (χ3n) is 5.42. The van der Waals surface area contributed by atoms with Gasteiger partial charge in [0.05, 0.1) is 18.7 Å². The van der Waals surface area contributed by atoms with Gasteiger partial charge in [-0.15, -0.1) is 0 Å². The molecule has 26 heavy (non-hydrogen) atoms. The molecule has 0 aromatic heterocycles. The molecule has 1 aromatic rings. The molecule has 1 aromatic carbocycles. The van der Waals surface area contributed by atoms with Crippen molar-refractivity contribution in [3.05, 3.63) is 29.6 Å². The maximum atomic E-state index is 13.3. The highest BCUT2D eigenvalue weighted by Crippen LogP contribution is 2.28. The van der Waals surface area contributed by atoms with Gasteiger partial charge in [0, 0.05) is 13.0 Å². The molecule has 7 heteroatoms. The number of halogens is 1. The van der Waals surface area contributed by atoms with Crippen LogP contribution in [-0.2, 0) is 16.1 Å². The quantitative estimate of drug-likeness (QED) is 0.778. The Morgan fingerprint density at radius 1 is 1.15 bits per heavy atom. The van der Waals surface area contributed by atoms with Crippen molar-refractivity contribution in [1.82, 2.24) is 14.7 Å². The number of rotatable bonds is 3. The summed E-state index contributed by atoms with van der Waals surface area (Å²) in [5.41, 5.74) is 1.49. The molecule has 1 unspecified atom stereocenters. The van der Waals surface area contributed by atoms with E-state index in [9.17, 15) is 14.0 Å². The van der Waals surface area contributed by atoms with Crippen LogP contribution in [0.25, 0.3) is 0 Å². The van der Waals surface area contributed by atoms with Crippen molar-refractivity contribution in [2.24, 2.45) is 4.99 Å². The van der Waals surface area contributed by atoms with E-state index >= 15 is 0 Å². The molecular formula is C19H23FN4O2. The Morgan fingerprint density at radius 3 is 2.77 bits per heavy atom. The number of imide groups is 1. The normalized spacial score (nSPS) is 24.1. The predicted molar refractivity (Wildman–Crippen MR) is 95.3 cm³/mol. The number of likely N-dealkylation sites (tertiary alicyclic amines) is 2. The number of amides is 2. The van der Waals surface area contributed by atoms with E-state index < -0.39 is 0 Å². The molecule has 0 bridgehead atoms. The van der Waals surface area contributed by atoms with E-state index in [1.54, 1.807) is 12.4 Å². The zero-order valence-electron chi connectivity index (χ0n) is 14.7. The third-order valence-corrected chi connectivity index (χ3v) is 5.42. The third kappa shape index (κ3) is 3.35. The molecule has 0 saturated carbocycles. The fourth-order valence-corrected chi connectivity index (χ4v) is 3.93. The number of carbonyl (C=O) groups is 2. The lowest BCUT2D eigenvalue weighted by molar-refractivity contribution is -0.154. The minimum atomic E-state index is -0.389. The average molecular weight is 358 g/mol. The van der Waals surface area contributed by atoms with Gasteiger partial charge in [0.1, 0.15) is 11.9 Å². The molecule has 0 spiro atoms. The molecule has 0 radical (unpaired) electrons. The van der Waals surface area contributed by atoms with Crippen molar-refractivity contribution in [3.63, 3.8) is 0 Å². The molecule has 3 aliphatic rings. The van der Waals surface area contributed by atoms with Crippen LogP contribution >= 0.6 is 0 Å². The highest BCUT2D eigenvalue weighted by molar-refractivity contribution is 6.01. The Bertz CT molecular complexity index is 745. The Balaban J connectivity index is 1.48. The van der Waals surface area contributed by atoms with Gasteiger partial charge in [0.2, 0.25) is 5.91 Å². The number of nitrogens with zero attached hydrogens (tertiary/aromatic N) is 4. The molecule has 6 nitrogen and oxygen atoms in total. The standard InChI is InChI=1S/C19H23FN4O2/c20-15-5-4-14-11-23(12-21-16(14)10-15)17-6-7-18(25)24(19(17)26)13-22-8-2-1-3-9-22/h4-5,10,12,17H,1-3,6-9,11,13H2. The Morgan fingerprint density at radius 2 is 1.96 bits per heavy atom. The van der Waals surface area contributed by atoms with Crippen LogP contribution in [-0.4, -0.2) is 58.7 Å². The number of carbonyl (C=O) groups excluding carboxylic acids is 2. The summed E-state index contributed by atoms with van der Waals surface area (Å²) in [4.78, 5) is 35.1. The average Bonchev–Trinajstić information content (AvgIpc) is 2.66. The molecule has 2 fully saturated rings. The lowest BCUT2D eigenvalue weighted by atomic mass is 10.0. The van der Waals surface area contributed by atoms with Crippen molar-refractivity contribution in [2.75, 3.05) is 19.8 Å². The highest BCUT2D eigenvalue weighted by atomic mass is 19.1. The van der Waals surface area contributed by atoms with Crippen molar-refractivity contribution in [3.8, 4) is 0 Å². The van der Waals surface area contributed by atoms with Crippen molar-refractivity contribution >= 4 is 23.8 Å². The maximum Gasteiger partial charge on any atom is 0.253 e. The fourth-order valence-electron chi connectivity index (χ4n) is 3.93. The Labute approximate surface area is 152 Å². The van der Waals surface area contributed by atoms with Crippen molar-refractivity contribution in [1.29, 1.82) is 0 Å². The molecule has 3 aliphatic heterocycles. The van der Waals surface area contributed by atoms with Crippen molar-refractivity contribution < 1.29 is 14.0 Å². The number of aliphatic imine (C=N–C) groups is 1. The predicted octanol–water partition coefficient (Wildman–Crippen LogP) is 2.26. The molecule has 4 rings (SSSR count). The lowest BCUT2D eigenvalue weighted by Gasteiger charge is -2.40. The Hall–Kier alpha value is -2.28. The second-order valence-corrected chi connectivity index (χ2v) is 7.22. The van der Waals surface area contributed by atoms with E-state index in [1.807, 2.05) is 4.90 Å². The largest absolute Gasteiger partial charge is 0.346 e. The van der Waals surface area contributed by atoms with Crippen LogP contribution in [0.2, 0.25) is 0 Å². The summed E-state index contributed by atoms with van der Waals surface area (Å²) in [5, 5.41) is 0. The van der Waals surface area contributed by atoms with Gasteiger partial charge in [-0.2, -0.15) is 0 Å². The minimum absolute atomic E-state index is 0.0896. The molecule has 138 valence electrons. The van der Waals surface area contributed by atoms with E-state index in [4.69, 9.17) is 0 Å². The van der Waals surface area contributed by atoms with E-state index in [0.29, 0.717) is 31.7 Å². The number of hydrogen-bond donors (Lipinski definition) is 0. The first kappa shape index (κ1) is 17.1. The number of hydrogen-bond acceptors (Lipinski definition) is 5. The molecule has 1 atom stereocenters. The van der Waals surface area contributed by atoms with Crippen molar-refractivity contribution in [2.45, 2.75) is 44.7 Å². The fraction of sp³-hybridized carbons (Fsp3) is 0.526. The topological polar surface area (TPSA) is 56.2 Å². The van der Waals surface area contributed by atoms with Crippen LogP contribution in [0, 0.1) is 5.82 Å². The summed E-state index contributed by atoms with van der Waals surface area (Å²) in [6.45, 7) is 2.76. The van der Waals surface area contributed by atoms with Crippen LogP contribution in [0.4, 0.5) is 10.1 Å². The maximum absolute atomic E-state index is 13.3. The first-order valence-electron chi connectivity index (χ1n) is 9.27. The van der Waals surface area contributed by atoms with E-state index in [1.165, 1.54) is 23.5 Å². The van der Waals surface area contributed by atoms with Gasteiger partial charge < -0.3 is 4.90 Å². The van der Waals surface area contributed by atoms with Crippen LogP contribution in [0.1, 0.15) is 37.7 Å². The SMILES string of the molecule is O=C1CCC(N2C=Nc3cc(F)ccc3C2)C(=O)N1CN1CCCCC1. The highest BCUT2D eigenvalue weighted by Gasteiger charge is 2.38. The first-order valence-corrected chi connectivity index (χ1v) is 9.27. The zero-order valence-corrected chi connectivity index (χ0v) is 14.7. The van der Waals surface area contributed by atoms with E-state index in [-0.39, 0.29) is 23.7 Å². The van der Waals surface area contributed by atoms with Crippen LogP contribution in [0.3, 0.4) is 0 Å². The monoisotopic (exact) mass is 358 g/mol. The zero-order chi connectivity index (χ0) is 18.1. The number of fused-ring (bicyclic) bond motifs is 1. The summed E-state index contributed by atoms with van der Waals surface area (Å²) in [6.07, 6.45) is 5.92. The molecule has 0 N–H and O–H groups in total. The molecule has 2 amide bonds. The summed E-state index contributed by atoms with van der Waals surface area (Å²) in [5.74, 6) is -0.557. The molecule has 3 heterocycles. The smallest absolute Gasteiger partial charge is 0.253 e. The van der Waals surface area contributed by atoms with Crippen LogP contribution < -0.4 is 0 Å². The summed E-state index contributed by atoms with van der Waals surface area (Å²) < 4.78 is 13.3. The summed E-state index contributed by atoms with van der Waals surface area (Å²) >= 11 is 0. The van der Waals surface area contributed by atoms with Gasteiger partial charge in [-0.25, -0.2) is 9.38 Å². The van der Waals surface area contributed by atoms with Crippen LogP contribution in [0.5, 0.6) is 0 Å². The second-order valence-electron chi connectivity index (χ2n) is 7.22.